The molecule has 0 radical (unpaired) electrons. The Morgan fingerprint density at radius 2 is 2.54 bits per heavy atom. The number of rotatable bonds is 5. The average Bonchev–Trinajstić information content (AvgIpc) is 2.45. The third kappa shape index (κ3) is 3.50. The van der Waals surface area contributed by atoms with Gasteiger partial charge in [-0.25, -0.2) is 4.98 Å². The van der Waals surface area contributed by atoms with Crippen LogP contribution in [0, 0.1) is 0 Å². The summed E-state index contributed by atoms with van der Waals surface area (Å²) in [4.78, 5) is 14.3. The van der Waals surface area contributed by atoms with Crippen LogP contribution in [-0.4, -0.2) is 26.4 Å². The molecule has 4 nitrogen and oxygen atoms in total. The zero-order valence-corrected chi connectivity index (χ0v) is 8.25. The molecule has 13 heavy (non-hydrogen) atoms. The van der Waals surface area contributed by atoms with Gasteiger partial charge in [0, 0.05) is 31.6 Å². The maximum atomic E-state index is 10.2. The monoisotopic (exact) mass is 200 g/mol. The van der Waals surface area contributed by atoms with Crippen molar-refractivity contribution in [2.24, 2.45) is 7.05 Å². The molecule has 1 N–H and O–H groups in total. The highest BCUT2D eigenvalue weighted by Crippen LogP contribution is 2.15. The topological polar surface area (TPSA) is 55.1 Å². The fraction of sp³-hybridized carbons (Fsp3) is 0.500. The van der Waals surface area contributed by atoms with E-state index in [9.17, 15) is 4.79 Å². The first-order valence-corrected chi connectivity index (χ1v) is 5.00. The Kier molecular flexibility index (Phi) is 3.82. The van der Waals surface area contributed by atoms with E-state index in [4.69, 9.17) is 5.11 Å². The van der Waals surface area contributed by atoms with E-state index >= 15 is 0 Å². The molecular weight excluding hydrogens is 188 g/mol. The second-order valence-corrected chi connectivity index (χ2v) is 3.73. The predicted octanol–water partition coefficient (Wildman–Crippen LogP) is 1.38. The fourth-order valence-corrected chi connectivity index (χ4v) is 1.75. The lowest BCUT2D eigenvalue weighted by atomic mass is 10.3. The van der Waals surface area contributed by atoms with E-state index < -0.39 is 5.97 Å². The molecule has 1 aromatic rings. The van der Waals surface area contributed by atoms with Crippen molar-refractivity contribution in [1.82, 2.24) is 9.55 Å². The Morgan fingerprint density at radius 1 is 1.77 bits per heavy atom. The van der Waals surface area contributed by atoms with E-state index in [0.717, 1.165) is 10.9 Å². The largest absolute Gasteiger partial charge is 0.481 e. The highest BCUT2D eigenvalue weighted by atomic mass is 32.2. The van der Waals surface area contributed by atoms with Gasteiger partial charge in [-0.3, -0.25) is 4.79 Å². The zero-order valence-electron chi connectivity index (χ0n) is 7.43. The van der Waals surface area contributed by atoms with Crippen LogP contribution in [-0.2, 0) is 11.8 Å². The lowest BCUT2D eigenvalue weighted by Gasteiger charge is -1.99. The molecule has 1 rings (SSSR count). The van der Waals surface area contributed by atoms with Crippen LogP contribution in [0.15, 0.2) is 17.6 Å². The van der Waals surface area contributed by atoms with Gasteiger partial charge in [-0.1, -0.05) is 11.8 Å². The van der Waals surface area contributed by atoms with Gasteiger partial charge >= 0.3 is 5.97 Å². The van der Waals surface area contributed by atoms with Crippen LogP contribution in [0.5, 0.6) is 0 Å². The third-order valence-corrected chi connectivity index (χ3v) is 2.69. The first-order chi connectivity index (χ1) is 6.20. The van der Waals surface area contributed by atoms with E-state index in [1.807, 2.05) is 17.8 Å². The molecule has 0 saturated carbocycles. The van der Waals surface area contributed by atoms with Gasteiger partial charge < -0.3 is 9.67 Å². The second-order valence-electron chi connectivity index (χ2n) is 2.67. The molecular formula is C8H12N2O2S. The van der Waals surface area contributed by atoms with Gasteiger partial charge in [0.25, 0.3) is 0 Å². The minimum atomic E-state index is -0.736. The summed E-state index contributed by atoms with van der Waals surface area (Å²) in [5, 5.41) is 9.33. The smallest absolute Gasteiger partial charge is 0.303 e. The first kappa shape index (κ1) is 10.1. The normalized spacial score (nSPS) is 10.2. The van der Waals surface area contributed by atoms with Crippen molar-refractivity contribution in [1.29, 1.82) is 0 Å². The van der Waals surface area contributed by atoms with Gasteiger partial charge in [0.05, 0.1) is 0 Å². The molecule has 1 heterocycles. The number of aryl methyl sites for hydroxylation is 1. The number of nitrogens with zero attached hydrogens (tertiary/aromatic N) is 2. The van der Waals surface area contributed by atoms with Crippen LogP contribution >= 0.6 is 11.8 Å². The number of imidazole rings is 1. The number of hydrogen-bond acceptors (Lipinski definition) is 3. The van der Waals surface area contributed by atoms with Gasteiger partial charge in [-0.15, -0.1) is 0 Å². The Labute approximate surface area is 81.0 Å². The standard InChI is InChI=1S/C8H12N2O2S/c1-10-5-4-9-8(10)13-6-2-3-7(11)12/h4-5H,2-3,6H2,1H3,(H,11,12). The molecule has 0 aromatic carbocycles. The minimum absolute atomic E-state index is 0.234. The summed E-state index contributed by atoms with van der Waals surface area (Å²) in [5.74, 6) is 0.0670. The Balaban J connectivity index is 2.20. The molecule has 5 heteroatoms. The molecule has 0 bridgehead atoms. The number of carboxylic acids is 1. The Hall–Kier alpha value is -0.970. The van der Waals surface area contributed by atoms with Crippen LogP contribution in [0.25, 0.3) is 0 Å². The number of carbonyl (C=O) groups is 1. The van der Waals surface area contributed by atoms with Crippen LogP contribution in [0.2, 0.25) is 0 Å². The van der Waals surface area contributed by atoms with E-state index in [2.05, 4.69) is 4.98 Å². The van der Waals surface area contributed by atoms with Crippen molar-refractivity contribution in [3.8, 4) is 0 Å². The van der Waals surface area contributed by atoms with Crippen molar-refractivity contribution in [2.75, 3.05) is 5.75 Å². The Morgan fingerprint density at radius 3 is 3.08 bits per heavy atom. The van der Waals surface area contributed by atoms with E-state index in [1.165, 1.54) is 0 Å². The van der Waals surface area contributed by atoms with E-state index in [-0.39, 0.29) is 6.42 Å². The first-order valence-electron chi connectivity index (χ1n) is 4.02. The molecule has 1 aromatic heterocycles. The predicted molar refractivity (Wildman–Crippen MR) is 50.8 cm³/mol. The lowest BCUT2D eigenvalue weighted by Crippen LogP contribution is -1.96. The lowest BCUT2D eigenvalue weighted by molar-refractivity contribution is -0.137. The van der Waals surface area contributed by atoms with Crippen molar-refractivity contribution in [3.05, 3.63) is 12.4 Å². The highest BCUT2D eigenvalue weighted by molar-refractivity contribution is 7.99. The van der Waals surface area contributed by atoms with Crippen LogP contribution in [0.4, 0.5) is 0 Å². The molecule has 0 saturated heterocycles. The SMILES string of the molecule is Cn1ccnc1SCCCC(=O)O. The summed E-state index contributed by atoms with van der Waals surface area (Å²) in [5.41, 5.74) is 0. The summed E-state index contributed by atoms with van der Waals surface area (Å²) in [6, 6.07) is 0. The van der Waals surface area contributed by atoms with Crippen molar-refractivity contribution < 1.29 is 9.90 Å². The average molecular weight is 200 g/mol. The van der Waals surface area contributed by atoms with Gasteiger partial charge in [-0.2, -0.15) is 0 Å². The summed E-state index contributed by atoms with van der Waals surface area (Å²) in [6.07, 6.45) is 4.53. The number of aromatic nitrogens is 2. The van der Waals surface area contributed by atoms with Gasteiger partial charge in [0.2, 0.25) is 0 Å². The second kappa shape index (κ2) is 4.91. The molecule has 0 aliphatic rings. The van der Waals surface area contributed by atoms with Crippen LogP contribution in [0.1, 0.15) is 12.8 Å². The van der Waals surface area contributed by atoms with Crippen LogP contribution < -0.4 is 0 Å². The van der Waals surface area contributed by atoms with Crippen molar-refractivity contribution in [3.63, 3.8) is 0 Å². The van der Waals surface area contributed by atoms with E-state index in [0.29, 0.717) is 6.42 Å². The molecule has 0 aliphatic heterocycles. The molecule has 0 spiro atoms. The van der Waals surface area contributed by atoms with Gasteiger partial charge in [-0.05, 0) is 6.42 Å². The Bertz CT molecular complexity index is 285. The molecule has 0 aliphatic carbocycles. The number of thioether (sulfide) groups is 1. The molecule has 72 valence electrons. The third-order valence-electron chi connectivity index (χ3n) is 1.54. The summed E-state index contributed by atoms with van der Waals surface area (Å²) in [6.45, 7) is 0. The highest BCUT2D eigenvalue weighted by Gasteiger charge is 2.01. The number of aliphatic carboxylic acids is 1. The van der Waals surface area contributed by atoms with Gasteiger partial charge in [0.15, 0.2) is 5.16 Å². The van der Waals surface area contributed by atoms with Gasteiger partial charge in [0.1, 0.15) is 0 Å². The molecule has 0 atom stereocenters. The van der Waals surface area contributed by atoms with Crippen molar-refractivity contribution in [2.45, 2.75) is 18.0 Å². The fourth-order valence-electron chi connectivity index (χ4n) is 0.878. The zero-order chi connectivity index (χ0) is 9.68. The maximum Gasteiger partial charge on any atom is 0.303 e. The van der Waals surface area contributed by atoms with Crippen LogP contribution in [0.3, 0.4) is 0 Å². The number of hydrogen-bond donors (Lipinski definition) is 1. The number of carboxylic acid groups (broad SMARTS) is 1. The quantitative estimate of drug-likeness (QED) is 0.576. The summed E-state index contributed by atoms with van der Waals surface area (Å²) >= 11 is 1.58. The van der Waals surface area contributed by atoms with E-state index in [1.54, 1.807) is 18.0 Å². The molecule has 0 unspecified atom stereocenters. The minimum Gasteiger partial charge on any atom is -0.481 e. The van der Waals surface area contributed by atoms with Crippen molar-refractivity contribution >= 4 is 17.7 Å². The summed E-state index contributed by atoms with van der Waals surface area (Å²) < 4.78 is 1.92. The maximum absolute atomic E-state index is 10.2. The summed E-state index contributed by atoms with van der Waals surface area (Å²) in [7, 11) is 1.92. The molecule has 0 amide bonds. The molecule has 0 fully saturated rings.